The molecule has 0 radical (unpaired) electrons. The van der Waals surface area contributed by atoms with Gasteiger partial charge in [-0.15, -0.1) is 0 Å². The van der Waals surface area contributed by atoms with Crippen molar-refractivity contribution in [3.8, 4) is 11.3 Å². The molecular weight excluding hydrogens is 450 g/mol. The Morgan fingerprint density at radius 1 is 0.750 bits per heavy atom. The van der Waals surface area contributed by atoms with E-state index in [-0.39, 0.29) is 23.9 Å². The first-order valence-electron chi connectivity index (χ1n) is 12.4. The summed E-state index contributed by atoms with van der Waals surface area (Å²) in [6, 6.07) is 25.6. The molecule has 6 rings (SSSR count). The highest BCUT2D eigenvalue weighted by Gasteiger charge is 2.35. The number of nitrogens with zero attached hydrogens (tertiary/aromatic N) is 4. The lowest BCUT2D eigenvalue weighted by Gasteiger charge is -2.41. The summed E-state index contributed by atoms with van der Waals surface area (Å²) in [4.78, 5) is 38.5. The average molecular weight is 478 g/mol. The van der Waals surface area contributed by atoms with E-state index in [4.69, 9.17) is 0 Å². The van der Waals surface area contributed by atoms with Gasteiger partial charge in [0.15, 0.2) is 0 Å². The normalized spacial score (nSPS) is 17.8. The Hall–Kier alpha value is -4.10. The fraction of sp³-hybridized carbons (Fsp3) is 0.241. The van der Waals surface area contributed by atoms with Gasteiger partial charge in [-0.2, -0.15) is 0 Å². The van der Waals surface area contributed by atoms with Crippen LogP contribution >= 0.6 is 0 Å². The Kier molecular flexibility index (Phi) is 5.91. The van der Waals surface area contributed by atoms with Crippen molar-refractivity contribution < 1.29 is 9.59 Å². The number of carbonyl (C=O) groups excluding carboxylic acids is 2. The smallest absolute Gasteiger partial charge is 0.254 e. The molecule has 0 bridgehead atoms. The number of hydrogen-bond donors (Lipinski definition) is 1. The summed E-state index contributed by atoms with van der Waals surface area (Å²) in [6.45, 7) is 2.79. The zero-order chi connectivity index (χ0) is 24.5. The van der Waals surface area contributed by atoms with Crippen LogP contribution in [0.2, 0.25) is 0 Å². The van der Waals surface area contributed by atoms with Crippen LogP contribution in [0, 0.1) is 0 Å². The van der Waals surface area contributed by atoms with E-state index in [1.165, 1.54) is 0 Å². The Labute approximate surface area is 209 Å². The van der Waals surface area contributed by atoms with Gasteiger partial charge in [-0.1, -0.05) is 48.5 Å². The minimum atomic E-state index is 0.0159. The first-order chi connectivity index (χ1) is 17.7. The van der Waals surface area contributed by atoms with Crippen LogP contribution in [0.25, 0.3) is 22.2 Å². The lowest BCUT2D eigenvalue weighted by atomic mass is 10.0. The van der Waals surface area contributed by atoms with Crippen LogP contribution in [0.3, 0.4) is 0 Å². The number of fused-ring (bicyclic) bond motifs is 1. The number of benzene rings is 3. The van der Waals surface area contributed by atoms with E-state index in [0.717, 1.165) is 40.7 Å². The Bertz CT molecular complexity index is 1400. The highest BCUT2D eigenvalue weighted by atomic mass is 16.2. The third kappa shape index (κ3) is 4.33. The van der Waals surface area contributed by atoms with Gasteiger partial charge in [0.25, 0.3) is 11.8 Å². The molecule has 7 heteroatoms. The molecule has 1 N–H and O–H groups in total. The second kappa shape index (κ2) is 9.51. The van der Waals surface area contributed by atoms with Crippen LogP contribution in [-0.4, -0.2) is 69.8 Å². The van der Waals surface area contributed by atoms with Crippen LogP contribution < -0.4 is 5.32 Å². The number of likely N-dealkylation sites (tertiary alicyclic amines) is 2. The molecule has 2 aliphatic rings. The van der Waals surface area contributed by atoms with E-state index in [9.17, 15) is 9.59 Å². The van der Waals surface area contributed by atoms with Crippen molar-refractivity contribution in [1.29, 1.82) is 0 Å². The molecule has 2 aliphatic heterocycles. The highest BCUT2D eigenvalue weighted by Crippen LogP contribution is 2.26. The molecule has 4 aromatic rings. The van der Waals surface area contributed by atoms with E-state index in [1.54, 1.807) is 6.33 Å². The van der Waals surface area contributed by atoms with Gasteiger partial charge in [-0.3, -0.25) is 9.59 Å². The van der Waals surface area contributed by atoms with E-state index in [0.29, 0.717) is 25.2 Å². The Morgan fingerprint density at radius 2 is 1.44 bits per heavy atom. The monoisotopic (exact) mass is 477 g/mol. The number of hydrogen-bond acceptors (Lipinski definition) is 5. The molecule has 2 fully saturated rings. The van der Waals surface area contributed by atoms with Gasteiger partial charge in [-0.25, -0.2) is 9.97 Å². The van der Waals surface area contributed by atoms with Crippen LogP contribution in [-0.2, 0) is 0 Å². The second-order valence-corrected chi connectivity index (χ2v) is 9.50. The van der Waals surface area contributed by atoms with E-state index in [2.05, 4.69) is 15.3 Å². The summed E-state index contributed by atoms with van der Waals surface area (Å²) in [6.07, 6.45) is 2.48. The number of amides is 2. The SMILES string of the molecule is O=C(c1ccc2c(-c3ccccc3)ncnc2c1)N1CC(N[C@H]2CCN(C(=O)c3ccccc3)C2)C1. The van der Waals surface area contributed by atoms with Crippen molar-refractivity contribution in [3.63, 3.8) is 0 Å². The number of aromatic nitrogens is 2. The second-order valence-electron chi connectivity index (χ2n) is 9.50. The molecule has 7 nitrogen and oxygen atoms in total. The molecule has 1 atom stereocenters. The van der Waals surface area contributed by atoms with Crippen LogP contribution in [0.5, 0.6) is 0 Å². The van der Waals surface area contributed by atoms with E-state index < -0.39 is 0 Å². The molecular formula is C29H27N5O2. The van der Waals surface area contributed by atoms with Gasteiger partial charge >= 0.3 is 0 Å². The number of carbonyl (C=O) groups is 2. The first kappa shape index (κ1) is 22.4. The van der Waals surface area contributed by atoms with Crippen LogP contribution in [0.15, 0.2) is 85.2 Å². The molecule has 2 saturated heterocycles. The van der Waals surface area contributed by atoms with Crippen LogP contribution in [0.1, 0.15) is 27.1 Å². The number of nitrogens with one attached hydrogen (secondary N) is 1. The third-order valence-corrected chi connectivity index (χ3v) is 7.07. The average Bonchev–Trinajstić information content (AvgIpc) is 3.39. The minimum Gasteiger partial charge on any atom is -0.337 e. The summed E-state index contributed by atoms with van der Waals surface area (Å²) in [5.74, 6) is 0.1000. The van der Waals surface area contributed by atoms with Crippen LogP contribution in [0.4, 0.5) is 0 Å². The fourth-order valence-electron chi connectivity index (χ4n) is 5.13. The molecule has 180 valence electrons. The van der Waals surface area contributed by atoms with Gasteiger partial charge < -0.3 is 15.1 Å². The maximum Gasteiger partial charge on any atom is 0.254 e. The molecule has 0 aliphatic carbocycles. The fourth-order valence-corrected chi connectivity index (χ4v) is 5.13. The lowest BCUT2D eigenvalue weighted by Crippen LogP contribution is -2.62. The largest absolute Gasteiger partial charge is 0.337 e. The molecule has 0 unspecified atom stereocenters. The minimum absolute atomic E-state index is 0.0159. The van der Waals surface area contributed by atoms with E-state index >= 15 is 0 Å². The van der Waals surface area contributed by atoms with E-state index in [1.807, 2.05) is 88.7 Å². The summed E-state index contributed by atoms with van der Waals surface area (Å²) in [5, 5.41) is 4.56. The van der Waals surface area contributed by atoms with Crippen molar-refractivity contribution in [2.45, 2.75) is 18.5 Å². The standard InChI is InChI=1S/C29H27N5O2/c35-28(21-9-5-2-6-10-21)33-14-13-23(16-33)32-24-17-34(18-24)29(36)22-11-12-25-26(15-22)30-19-31-27(25)20-7-3-1-4-8-20/h1-12,15,19,23-24,32H,13-14,16-18H2/t23-/m0/s1. The predicted molar refractivity (Wildman–Crippen MR) is 139 cm³/mol. The Morgan fingerprint density at radius 3 is 2.22 bits per heavy atom. The third-order valence-electron chi connectivity index (χ3n) is 7.07. The molecule has 3 aromatic carbocycles. The molecule has 0 spiro atoms. The highest BCUT2D eigenvalue weighted by molar-refractivity contribution is 6.00. The quantitative estimate of drug-likeness (QED) is 0.475. The number of rotatable bonds is 5. The first-order valence-corrected chi connectivity index (χ1v) is 12.4. The summed E-state index contributed by atoms with van der Waals surface area (Å²) in [5.41, 5.74) is 4.02. The van der Waals surface area contributed by atoms with Gasteiger partial charge in [0.05, 0.1) is 11.2 Å². The Balaban J connectivity index is 1.06. The summed E-state index contributed by atoms with van der Waals surface area (Å²) in [7, 11) is 0. The van der Waals surface area contributed by atoms with Gasteiger partial charge in [-0.05, 0) is 36.8 Å². The predicted octanol–water partition coefficient (Wildman–Crippen LogP) is 3.63. The topological polar surface area (TPSA) is 78.4 Å². The van der Waals surface area contributed by atoms with Gasteiger partial charge in [0.1, 0.15) is 6.33 Å². The molecule has 3 heterocycles. The van der Waals surface area contributed by atoms with Crippen molar-refractivity contribution in [2.24, 2.45) is 0 Å². The maximum atomic E-state index is 13.1. The van der Waals surface area contributed by atoms with Crippen molar-refractivity contribution in [2.75, 3.05) is 26.2 Å². The summed E-state index contributed by atoms with van der Waals surface area (Å²) >= 11 is 0. The molecule has 1 aromatic heterocycles. The molecule has 36 heavy (non-hydrogen) atoms. The van der Waals surface area contributed by atoms with Gasteiger partial charge in [0, 0.05) is 60.3 Å². The molecule has 2 amide bonds. The maximum absolute atomic E-state index is 13.1. The lowest BCUT2D eigenvalue weighted by molar-refractivity contribution is 0.0553. The van der Waals surface area contributed by atoms with Crippen molar-refractivity contribution in [3.05, 3.63) is 96.3 Å². The molecule has 0 saturated carbocycles. The van der Waals surface area contributed by atoms with Gasteiger partial charge in [0.2, 0.25) is 0 Å². The zero-order valence-corrected chi connectivity index (χ0v) is 19.9. The summed E-state index contributed by atoms with van der Waals surface area (Å²) < 4.78 is 0. The van der Waals surface area contributed by atoms with Crippen molar-refractivity contribution >= 4 is 22.7 Å². The zero-order valence-electron chi connectivity index (χ0n) is 19.9. The van der Waals surface area contributed by atoms with Crippen molar-refractivity contribution in [1.82, 2.24) is 25.1 Å².